The monoisotopic (exact) mass is 334 g/mol. The molecule has 0 aliphatic heterocycles. The quantitative estimate of drug-likeness (QED) is 0.548. The Balaban J connectivity index is 2.13. The van der Waals surface area contributed by atoms with Gasteiger partial charge in [0.25, 0.3) is 10.1 Å². The second kappa shape index (κ2) is 8.01. The van der Waals surface area contributed by atoms with Gasteiger partial charge in [0.2, 0.25) is 0 Å². The Kier molecular flexibility index (Phi) is 6.04. The van der Waals surface area contributed by atoms with Gasteiger partial charge in [0, 0.05) is 5.56 Å². The van der Waals surface area contributed by atoms with Crippen molar-refractivity contribution in [1.82, 2.24) is 0 Å². The lowest BCUT2D eigenvalue weighted by Gasteiger charge is -2.18. The number of carbonyl (C=O) groups excluding carboxylic acids is 1. The first-order valence-electron chi connectivity index (χ1n) is 7.03. The lowest BCUT2D eigenvalue weighted by molar-refractivity contribution is 0.0436. The lowest BCUT2D eigenvalue weighted by Crippen LogP contribution is -2.17. The molecule has 0 aliphatic rings. The fourth-order valence-corrected chi connectivity index (χ4v) is 2.73. The number of hydrogen-bond donors (Lipinski definition) is 0. The largest absolute Gasteiger partial charge is 0.374 e. The van der Waals surface area contributed by atoms with Gasteiger partial charge in [0.05, 0.1) is 19.5 Å². The van der Waals surface area contributed by atoms with E-state index in [1.165, 1.54) is 0 Å². The van der Waals surface area contributed by atoms with Crippen molar-refractivity contribution in [2.24, 2.45) is 0 Å². The zero-order chi connectivity index (χ0) is 16.7. The van der Waals surface area contributed by atoms with Gasteiger partial charge in [-0.05, 0) is 11.1 Å². The molecule has 1 unspecified atom stereocenters. The van der Waals surface area contributed by atoms with Crippen LogP contribution in [-0.4, -0.2) is 27.6 Å². The summed E-state index contributed by atoms with van der Waals surface area (Å²) in [5, 5.41) is 0. The maximum absolute atomic E-state index is 11.5. The summed E-state index contributed by atoms with van der Waals surface area (Å²) in [7, 11) is -3.69. The minimum Gasteiger partial charge on any atom is -0.374 e. The van der Waals surface area contributed by atoms with E-state index in [2.05, 4.69) is 0 Å². The number of benzene rings is 2. The van der Waals surface area contributed by atoms with Gasteiger partial charge in [0.1, 0.15) is 12.4 Å². The van der Waals surface area contributed by atoms with E-state index in [1.54, 1.807) is 24.3 Å². The van der Waals surface area contributed by atoms with Crippen LogP contribution in [-0.2, 0) is 25.6 Å². The van der Waals surface area contributed by atoms with E-state index in [1.807, 2.05) is 30.3 Å². The number of carbonyl (C=O) groups is 1. The minimum atomic E-state index is -3.69. The average Bonchev–Trinajstić information content (AvgIpc) is 2.54. The molecular formula is C17H18O5S. The zero-order valence-electron chi connectivity index (χ0n) is 12.7. The fraction of sp³-hybridized carbons (Fsp3) is 0.235. The van der Waals surface area contributed by atoms with E-state index in [9.17, 15) is 13.2 Å². The summed E-state index contributed by atoms with van der Waals surface area (Å²) in [6.45, 7) is 0.348. The number of rotatable bonds is 8. The molecular weight excluding hydrogens is 316 g/mol. The van der Waals surface area contributed by atoms with Crippen LogP contribution < -0.4 is 0 Å². The van der Waals surface area contributed by atoms with Crippen molar-refractivity contribution in [2.75, 3.05) is 12.9 Å². The van der Waals surface area contributed by atoms with E-state index in [0.717, 1.165) is 11.8 Å². The molecule has 0 heterocycles. The van der Waals surface area contributed by atoms with Gasteiger partial charge in [0.15, 0.2) is 0 Å². The van der Waals surface area contributed by atoms with Crippen LogP contribution in [0, 0.1) is 0 Å². The van der Waals surface area contributed by atoms with Crippen molar-refractivity contribution in [3.05, 3.63) is 71.3 Å². The standard InChI is InChI=1S/C17H18O5S/c1-23(19,20)22-17(16-10-6-5-9-15(16)11-18)13-21-12-14-7-3-2-4-8-14/h2-11,17H,12-13H2,1H3. The molecule has 0 bridgehead atoms. The molecule has 1 atom stereocenters. The molecule has 0 N–H and O–H groups in total. The third-order valence-corrected chi connectivity index (χ3v) is 3.72. The Morgan fingerprint density at radius 2 is 1.70 bits per heavy atom. The zero-order valence-corrected chi connectivity index (χ0v) is 13.5. The predicted molar refractivity (Wildman–Crippen MR) is 86.6 cm³/mol. The van der Waals surface area contributed by atoms with E-state index in [0.29, 0.717) is 24.0 Å². The van der Waals surface area contributed by atoms with Crippen LogP contribution in [0.15, 0.2) is 54.6 Å². The van der Waals surface area contributed by atoms with Crippen molar-refractivity contribution in [1.29, 1.82) is 0 Å². The average molecular weight is 334 g/mol. The second-order valence-electron chi connectivity index (χ2n) is 5.04. The number of hydrogen-bond acceptors (Lipinski definition) is 5. The highest BCUT2D eigenvalue weighted by atomic mass is 32.2. The third-order valence-electron chi connectivity index (χ3n) is 3.14. The van der Waals surface area contributed by atoms with Gasteiger partial charge in [-0.15, -0.1) is 0 Å². The molecule has 0 saturated carbocycles. The predicted octanol–water partition coefficient (Wildman–Crippen LogP) is 2.73. The molecule has 2 aromatic carbocycles. The van der Waals surface area contributed by atoms with Crippen LogP contribution >= 0.6 is 0 Å². The van der Waals surface area contributed by atoms with Crippen LogP contribution in [0.2, 0.25) is 0 Å². The van der Waals surface area contributed by atoms with Gasteiger partial charge in [-0.1, -0.05) is 54.6 Å². The molecule has 6 heteroatoms. The summed E-state index contributed by atoms with van der Waals surface area (Å²) < 4.78 is 33.6. The Morgan fingerprint density at radius 1 is 1.04 bits per heavy atom. The Bertz CT molecular complexity index is 741. The second-order valence-corrected chi connectivity index (χ2v) is 6.64. The maximum atomic E-state index is 11.5. The van der Waals surface area contributed by atoms with Crippen LogP contribution in [0.1, 0.15) is 27.6 Å². The number of aldehydes is 1. The molecule has 2 rings (SSSR count). The molecule has 0 spiro atoms. The van der Waals surface area contributed by atoms with Crippen molar-refractivity contribution < 1.29 is 22.1 Å². The van der Waals surface area contributed by atoms with Gasteiger partial charge in [-0.2, -0.15) is 8.42 Å². The molecule has 5 nitrogen and oxygen atoms in total. The first kappa shape index (κ1) is 17.3. The smallest absolute Gasteiger partial charge is 0.265 e. The van der Waals surface area contributed by atoms with Crippen molar-refractivity contribution in [2.45, 2.75) is 12.7 Å². The highest BCUT2D eigenvalue weighted by Gasteiger charge is 2.21. The molecule has 0 aromatic heterocycles. The Morgan fingerprint density at radius 3 is 2.35 bits per heavy atom. The molecule has 0 fully saturated rings. The molecule has 0 saturated heterocycles. The highest BCUT2D eigenvalue weighted by Crippen LogP contribution is 2.23. The van der Waals surface area contributed by atoms with E-state index in [4.69, 9.17) is 8.92 Å². The van der Waals surface area contributed by atoms with Gasteiger partial charge < -0.3 is 4.74 Å². The van der Waals surface area contributed by atoms with Crippen LogP contribution in [0.3, 0.4) is 0 Å². The van der Waals surface area contributed by atoms with Crippen LogP contribution in [0.5, 0.6) is 0 Å². The summed E-state index contributed by atoms with van der Waals surface area (Å²) in [5.74, 6) is 0. The maximum Gasteiger partial charge on any atom is 0.265 e. The summed E-state index contributed by atoms with van der Waals surface area (Å²) in [5.41, 5.74) is 1.83. The highest BCUT2D eigenvalue weighted by molar-refractivity contribution is 7.86. The molecule has 0 radical (unpaired) electrons. The summed E-state index contributed by atoms with van der Waals surface area (Å²) in [6, 6.07) is 16.2. The molecule has 23 heavy (non-hydrogen) atoms. The van der Waals surface area contributed by atoms with Crippen LogP contribution in [0.25, 0.3) is 0 Å². The first-order chi connectivity index (χ1) is 11.0. The first-order valence-corrected chi connectivity index (χ1v) is 8.85. The van der Waals surface area contributed by atoms with Gasteiger partial charge >= 0.3 is 0 Å². The van der Waals surface area contributed by atoms with Gasteiger partial charge in [-0.25, -0.2) is 0 Å². The molecule has 2 aromatic rings. The Hall–Kier alpha value is -2.02. The molecule has 122 valence electrons. The van der Waals surface area contributed by atoms with Crippen LogP contribution in [0.4, 0.5) is 0 Å². The third kappa shape index (κ3) is 5.59. The fourth-order valence-electron chi connectivity index (χ4n) is 2.15. The van der Waals surface area contributed by atoms with E-state index >= 15 is 0 Å². The normalized spacial score (nSPS) is 12.7. The molecule has 0 amide bonds. The lowest BCUT2D eigenvalue weighted by atomic mass is 10.0. The Labute approximate surface area is 136 Å². The molecule has 0 aliphatic carbocycles. The van der Waals surface area contributed by atoms with Gasteiger partial charge in [-0.3, -0.25) is 8.98 Å². The van der Waals surface area contributed by atoms with Crippen molar-refractivity contribution in [3.63, 3.8) is 0 Å². The van der Waals surface area contributed by atoms with Crippen molar-refractivity contribution >= 4 is 16.4 Å². The summed E-state index contributed by atoms with van der Waals surface area (Å²) in [6.07, 6.45) is 0.779. The summed E-state index contributed by atoms with van der Waals surface area (Å²) >= 11 is 0. The SMILES string of the molecule is CS(=O)(=O)OC(COCc1ccccc1)c1ccccc1C=O. The summed E-state index contributed by atoms with van der Waals surface area (Å²) in [4.78, 5) is 11.1. The van der Waals surface area contributed by atoms with E-state index in [-0.39, 0.29) is 6.61 Å². The van der Waals surface area contributed by atoms with E-state index < -0.39 is 16.2 Å². The number of ether oxygens (including phenoxy) is 1. The topological polar surface area (TPSA) is 69.7 Å². The van der Waals surface area contributed by atoms with Crippen molar-refractivity contribution in [3.8, 4) is 0 Å². The minimum absolute atomic E-state index is 0.0207.